The van der Waals surface area contributed by atoms with Crippen LogP contribution in [-0.4, -0.2) is 18.3 Å². The number of phenols is 1. The highest BCUT2D eigenvalue weighted by Crippen LogP contribution is 2.33. The minimum Gasteiger partial charge on any atom is -0.508 e. The number of hydrogen-bond donors (Lipinski definition) is 2. The van der Waals surface area contributed by atoms with Gasteiger partial charge in [0.1, 0.15) is 5.75 Å². The number of nitrogens with two attached hydrogens (primary N) is 1. The molecule has 16 heavy (non-hydrogen) atoms. The third-order valence-corrected chi connectivity index (χ3v) is 3.32. The van der Waals surface area contributed by atoms with E-state index in [4.69, 9.17) is 10.5 Å². The Kier molecular flexibility index (Phi) is 3.46. The van der Waals surface area contributed by atoms with Crippen molar-refractivity contribution in [2.45, 2.75) is 25.8 Å². The molecule has 0 aromatic heterocycles. The molecular formula is C13H19NO2. The number of rotatable bonds is 2. The van der Waals surface area contributed by atoms with Crippen LogP contribution in [0.2, 0.25) is 0 Å². The molecule has 0 unspecified atom stereocenters. The molecule has 3 nitrogen and oxygen atoms in total. The highest BCUT2D eigenvalue weighted by atomic mass is 16.5. The number of aromatic hydroxyl groups is 1. The maximum atomic E-state index is 9.82. The van der Waals surface area contributed by atoms with Crippen LogP contribution >= 0.6 is 0 Å². The van der Waals surface area contributed by atoms with E-state index in [9.17, 15) is 5.11 Å². The van der Waals surface area contributed by atoms with E-state index in [0.29, 0.717) is 11.7 Å². The van der Waals surface area contributed by atoms with Crippen molar-refractivity contribution in [3.8, 4) is 5.75 Å². The average Bonchev–Trinajstić information content (AvgIpc) is 2.32. The molecule has 2 rings (SSSR count). The van der Waals surface area contributed by atoms with Crippen LogP contribution in [0.4, 0.5) is 0 Å². The number of hydrogen-bond acceptors (Lipinski definition) is 3. The second-order valence-electron chi connectivity index (χ2n) is 4.54. The van der Waals surface area contributed by atoms with Gasteiger partial charge in [-0.25, -0.2) is 0 Å². The Hall–Kier alpha value is -1.06. The summed E-state index contributed by atoms with van der Waals surface area (Å²) in [5, 5.41) is 9.82. The van der Waals surface area contributed by atoms with Gasteiger partial charge >= 0.3 is 0 Å². The largest absolute Gasteiger partial charge is 0.508 e. The molecular weight excluding hydrogens is 202 g/mol. The Bertz CT molecular complexity index is 359. The maximum absolute atomic E-state index is 9.82. The fourth-order valence-electron chi connectivity index (χ4n) is 2.27. The summed E-state index contributed by atoms with van der Waals surface area (Å²) in [5.74, 6) is 0.728. The zero-order valence-electron chi connectivity index (χ0n) is 9.65. The van der Waals surface area contributed by atoms with Gasteiger partial charge < -0.3 is 15.6 Å². The first-order valence-electron chi connectivity index (χ1n) is 5.81. The van der Waals surface area contributed by atoms with Gasteiger partial charge in [0.05, 0.1) is 0 Å². The fourth-order valence-corrected chi connectivity index (χ4v) is 2.27. The number of aryl methyl sites for hydroxylation is 1. The highest BCUT2D eigenvalue weighted by molar-refractivity contribution is 5.38. The molecule has 1 aromatic rings. The van der Waals surface area contributed by atoms with Gasteiger partial charge in [-0.3, -0.25) is 0 Å². The predicted molar refractivity (Wildman–Crippen MR) is 63.3 cm³/mol. The minimum atomic E-state index is -0.0798. The number of ether oxygens (including phenoxy) is 1. The van der Waals surface area contributed by atoms with Crippen molar-refractivity contribution in [1.29, 1.82) is 0 Å². The molecule has 88 valence electrons. The highest BCUT2D eigenvalue weighted by Gasteiger charge is 2.24. The maximum Gasteiger partial charge on any atom is 0.120 e. The van der Waals surface area contributed by atoms with Gasteiger partial charge in [0, 0.05) is 24.8 Å². The molecule has 1 atom stereocenters. The monoisotopic (exact) mass is 221 g/mol. The first-order valence-corrected chi connectivity index (χ1v) is 5.81. The summed E-state index contributed by atoms with van der Waals surface area (Å²) < 4.78 is 5.32. The Morgan fingerprint density at radius 2 is 2.06 bits per heavy atom. The molecule has 0 bridgehead atoms. The molecule has 0 aliphatic carbocycles. The van der Waals surface area contributed by atoms with Gasteiger partial charge in [-0.2, -0.15) is 0 Å². The van der Waals surface area contributed by atoms with Crippen LogP contribution in [-0.2, 0) is 4.74 Å². The van der Waals surface area contributed by atoms with Crippen molar-refractivity contribution < 1.29 is 9.84 Å². The lowest BCUT2D eigenvalue weighted by molar-refractivity contribution is 0.0581. The van der Waals surface area contributed by atoms with Gasteiger partial charge in [0.25, 0.3) is 0 Å². The summed E-state index contributed by atoms with van der Waals surface area (Å²) in [4.78, 5) is 0. The van der Waals surface area contributed by atoms with E-state index in [2.05, 4.69) is 0 Å². The minimum absolute atomic E-state index is 0.0798. The van der Waals surface area contributed by atoms with Crippen LogP contribution in [0.5, 0.6) is 5.75 Å². The lowest BCUT2D eigenvalue weighted by atomic mass is 9.87. The molecule has 1 aliphatic heterocycles. The van der Waals surface area contributed by atoms with Crippen molar-refractivity contribution in [2.24, 2.45) is 11.7 Å². The lowest BCUT2D eigenvalue weighted by Gasteiger charge is -2.28. The number of phenolic OH excluding ortho intramolecular Hbond substituents is 1. The van der Waals surface area contributed by atoms with Crippen LogP contribution in [0, 0.1) is 12.8 Å². The van der Waals surface area contributed by atoms with Crippen molar-refractivity contribution in [1.82, 2.24) is 0 Å². The summed E-state index contributed by atoms with van der Waals surface area (Å²) in [6.07, 6.45) is 1.96. The normalized spacial score (nSPS) is 19.6. The van der Waals surface area contributed by atoms with Crippen LogP contribution in [0.1, 0.15) is 30.0 Å². The van der Waals surface area contributed by atoms with Crippen LogP contribution in [0.15, 0.2) is 18.2 Å². The third kappa shape index (κ3) is 2.36. The smallest absolute Gasteiger partial charge is 0.120 e. The van der Waals surface area contributed by atoms with E-state index in [0.717, 1.165) is 37.2 Å². The predicted octanol–water partition coefficient (Wildman–Crippen LogP) is 2.13. The SMILES string of the molecule is Cc1ccc(O)c([C@H](N)C2CCOCC2)c1. The molecule has 3 heteroatoms. The second kappa shape index (κ2) is 4.85. The van der Waals surface area contributed by atoms with Crippen molar-refractivity contribution in [3.05, 3.63) is 29.3 Å². The Balaban J connectivity index is 2.18. The van der Waals surface area contributed by atoms with Gasteiger partial charge in [0.2, 0.25) is 0 Å². The zero-order chi connectivity index (χ0) is 11.5. The fraction of sp³-hybridized carbons (Fsp3) is 0.538. The molecule has 1 saturated heterocycles. The molecule has 1 aliphatic rings. The van der Waals surface area contributed by atoms with Crippen molar-refractivity contribution >= 4 is 0 Å². The van der Waals surface area contributed by atoms with Gasteiger partial charge in [-0.1, -0.05) is 17.7 Å². The van der Waals surface area contributed by atoms with E-state index in [1.54, 1.807) is 6.07 Å². The van der Waals surface area contributed by atoms with Gasteiger partial charge in [-0.05, 0) is 31.7 Å². The second-order valence-corrected chi connectivity index (χ2v) is 4.54. The Morgan fingerprint density at radius 1 is 1.38 bits per heavy atom. The van der Waals surface area contributed by atoms with Crippen molar-refractivity contribution in [2.75, 3.05) is 13.2 Å². The molecule has 3 N–H and O–H groups in total. The number of benzene rings is 1. The summed E-state index contributed by atoms with van der Waals surface area (Å²) >= 11 is 0. The van der Waals surface area contributed by atoms with E-state index in [1.165, 1.54) is 0 Å². The van der Waals surface area contributed by atoms with Crippen LogP contribution in [0.3, 0.4) is 0 Å². The Labute approximate surface area is 96.2 Å². The van der Waals surface area contributed by atoms with E-state index >= 15 is 0 Å². The van der Waals surface area contributed by atoms with Gasteiger partial charge in [-0.15, -0.1) is 0 Å². The summed E-state index contributed by atoms with van der Waals surface area (Å²) in [6.45, 7) is 3.58. The quantitative estimate of drug-likeness (QED) is 0.804. The first kappa shape index (κ1) is 11.4. The zero-order valence-corrected chi connectivity index (χ0v) is 9.65. The Morgan fingerprint density at radius 3 is 2.75 bits per heavy atom. The average molecular weight is 221 g/mol. The molecule has 1 aromatic carbocycles. The van der Waals surface area contributed by atoms with Crippen LogP contribution < -0.4 is 5.73 Å². The lowest BCUT2D eigenvalue weighted by Crippen LogP contribution is -2.27. The van der Waals surface area contributed by atoms with E-state index in [-0.39, 0.29) is 6.04 Å². The van der Waals surface area contributed by atoms with E-state index < -0.39 is 0 Å². The van der Waals surface area contributed by atoms with Gasteiger partial charge in [0.15, 0.2) is 0 Å². The van der Waals surface area contributed by atoms with E-state index in [1.807, 2.05) is 19.1 Å². The molecule has 0 radical (unpaired) electrons. The summed E-state index contributed by atoms with van der Waals surface area (Å²) in [7, 11) is 0. The third-order valence-electron chi connectivity index (χ3n) is 3.32. The standard InChI is InChI=1S/C13H19NO2/c1-9-2-3-12(15)11(8-9)13(14)10-4-6-16-7-5-10/h2-3,8,10,13,15H,4-7,14H2,1H3/t13-/m1/s1. The van der Waals surface area contributed by atoms with Crippen molar-refractivity contribution in [3.63, 3.8) is 0 Å². The molecule has 1 fully saturated rings. The summed E-state index contributed by atoms with van der Waals surface area (Å²) in [6, 6.07) is 5.53. The van der Waals surface area contributed by atoms with Crippen LogP contribution in [0.25, 0.3) is 0 Å². The molecule has 0 spiro atoms. The molecule has 0 saturated carbocycles. The molecule has 1 heterocycles. The molecule has 0 amide bonds. The first-order chi connectivity index (χ1) is 7.68. The topological polar surface area (TPSA) is 55.5 Å². The summed E-state index contributed by atoms with van der Waals surface area (Å²) in [5.41, 5.74) is 8.23.